The maximum Gasteiger partial charge on any atom is 0.322 e. The van der Waals surface area contributed by atoms with Gasteiger partial charge in [0.25, 0.3) is 17.7 Å². The van der Waals surface area contributed by atoms with Gasteiger partial charge in [-0.1, -0.05) is 12.2 Å². The van der Waals surface area contributed by atoms with E-state index in [1.54, 1.807) is 44.5 Å². The number of carboxylic acid groups (broad SMARTS) is 1. The fourth-order valence-corrected chi connectivity index (χ4v) is 6.81. The second-order valence-electron chi connectivity index (χ2n) is 13.6. The second kappa shape index (κ2) is 16.5. The standard InChI is InChI=1S/C39H42N12O8/c1-5-50-27(14-21(3)46-50)36(56)44-38-42-25-16-23(34(40)54)18-29-32(25)48(38)10-7-8-11-49-33-26(43-39(49)45-37(57)28-15-22(4)47-51(28)6-2)17-24(35(55)41-20-31(52)53)19-30(33)59-13-9-12-58-29/h7-8,14-19H,5-6,9-13,20H2,1-4H3,(H2,40,54)(H,41,55)(H,52,53)(H,42,44,56)(H,43,45,57)/b8-7+. The lowest BCUT2D eigenvalue weighted by atomic mass is 10.1. The van der Waals surface area contributed by atoms with E-state index in [2.05, 4.69) is 26.1 Å². The Morgan fingerprint density at radius 2 is 1.19 bits per heavy atom. The minimum Gasteiger partial charge on any atom is -0.491 e. The van der Waals surface area contributed by atoms with Gasteiger partial charge in [-0.25, -0.2) is 9.97 Å². The zero-order chi connectivity index (χ0) is 42.0. The van der Waals surface area contributed by atoms with Crippen LogP contribution >= 0.6 is 0 Å². The summed E-state index contributed by atoms with van der Waals surface area (Å²) in [6.07, 6.45) is 3.96. The number of ether oxygens (including phenoxy) is 2. The van der Waals surface area contributed by atoms with E-state index in [4.69, 9.17) is 25.2 Å². The van der Waals surface area contributed by atoms with E-state index in [0.717, 1.165) is 0 Å². The van der Waals surface area contributed by atoms with Gasteiger partial charge in [0.2, 0.25) is 17.8 Å². The lowest BCUT2D eigenvalue weighted by Gasteiger charge is -2.14. The van der Waals surface area contributed by atoms with E-state index in [-0.39, 0.29) is 55.1 Å². The summed E-state index contributed by atoms with van der Waals surface area (Å²) in [5.41, 5.74) is 9.51. The topological polar surface area (TPSA) is 257 Å². The summed E-state index contributed by atoms with van der Waals surface area (Å²) in [5.74, 6) is -2.63. The molecule has 0 saturated carbocycles. The van der Waals surface area contributed by atoms with E-state index in [1.807, 2.05) is 26.0 Å². The molecule has 0 saturated heterocycles. The molecule has 5 heterocycles. The van der Waals surface area contributed by atoms with Gasteiger partial charge in [-0.3, -0.25) is 44.0 Å². The molecule has 1 aliphatic heterocycles. The number of amides is 4. The van der Waals surface area contributed by atoms with Crippen LogP contribution in [0.25, 0.3) is 22.1 Å². The molecule has 7 rings (SSSR count). The van der Waals surface area contributed by atoms with Gasteiger partial charge in [0.05, 0.1) is 35.6 Å². The minimum atomic E-state index is -1.22. The van der Waals surface area contributed by atoms with Crippen LogP contribution in [0, 0.1) is 13.8 Å². The Bertz CT molecular complexity index is 2680. The van der Waals surface area contributed by atoms with Gasteiger partial charge in [0.1, 0.15) is 40.5 Å². The quantitative estimate of drug-likeness (QED) is 0.125. The molecule has 4 amide bonds. The number of aliphatic carboxylic acids is 1. The molecule has 59 heavy (non-hydrogen) atoms. The molecular weight excluding hydrogens is 765 g/mol. The molecule has 6 N–H and O–H groups in total. The van der Waals surface area contributed by atoms with E-state index >= 15 is 0 Å². The van der Waals surface area contributed by atoms with Crippen LogP contribution in [0.4, 0.5) is 11.9 Å². The third kappa shape index (κ3) is 8.18. The molecule has 4 aromatic heterocycles. The molecule has 20 heteroatoms. The Labute approximate surface area is 336 Å². The van der Waals surface area contributed by atoms with Crippen LogP contribution in [0.1, 0.15) is 73.3 Å². The van der Waals surface area contributed by atoms with Crippen LogP contribution < -0.4 is 31.2 Å². The highest BCUT2D eigenvalue weighted by molar-refractivity contribution is 6.05. The van der Waals surface area contributed by atoms with E-state index in [1.165, 1.54) is 24.3 Å². The minimum absolute atomic E-state index is 0.0801. The first-order valence-electron chi connectivity index (χ1n) is 18.9. The number of allylic oxidation sites excluding steroid dienone is 2. The molecule has 1 aliphatic rings. The SMILES string of the molecule is CCn1nc(C)cc1C(=O)Nc1nc2cc(C(N)=O)cc3c2n1C/C=C/Cn1c(NC(=O)c2cc(C)nn2CC)nc2cc(C(=O)NCC(=O)O)cc(c21)OCCCO3. The first kappa shape index (κ1) is 39.7. The van der Waals surface area contributed by atoms with Crippen LogP contribution in [0.2, 0.25) is 0 Å². The maximum absolute atomic E-state index is 13.7. The van der Waals surface area contributed by atoms with Gasteiger partial charge >= 0.3 is 5.97 Å². The molecule has 2 aromatic carbocycles. The summed E-state index contributed by atoms with van der Waals surface area (Å²) >= 11 is 0. The van der Waals surface area contributed by atoms with Crippen molar-refractivity contribution in [1.82, 2.24) is 44.0 Å². The highest BCUT2D eigenvalue weighted by atomic mass is 16.5. The van der Waals surface area contributed by atoms with Gasteiger partial charge in [0, 0.05) is 43.7 Å². The number of hydrogen-bond donors (Lipinski definition) is 5. The number of anilines is 2. The normalized spacial score (nSPS) is 13.5. The number of nitrogens with zero attached hydrogens (tertiary/aromatic N) is 8. The van der Waals surface area contributed by atoms with E-state index in [9.17, 15) is 29.1 Å². The van der Waals surface area contributed by atoms with Gasteiger partial charge in [0.15, 0.2) is 0 Å². The Morgan fingerprint density at radius 3 is 1.64 bits per heavy atom. The van der Waals surface area contributed by atoms with Crippen LogP contribution in [0.5, 0.6) is 11.5 Å². The molecule has 0 bridgehead atoms. The number of aromatic nitrogens is 8. The van der Waals surface area contributed by atoms with Crippen molar-refractivity contribution in [3.05, 3.63) is 82.5 Å². The number of aryl methyl sites for hydroxylation is 4. The van der Waals surface area contributed by atoms with Crippen LogP contribution in [-0.4, -0.2) is 93.1 Å². The molecular formula is C39H42N12O8. The highest BCUT2D eigenvalue weighted by Gasteiger charge is 2.24. The molecule has 0 fully saturated rings. The number of hydrogen-bond acceptors (Lipinski definition) is 11. The van der Waals surface area contributed by atoms with E-state index < -0.39 is 36.1 Å². The number of carboxylic acids is 1. The third-order valence-electron chi connectivity index (χ3n) is 9.43. The average Bonchev–Trinajstić information content (AvgIpc) is 3.96. The number of carbonyl (C=O) groups is 5. The largest absolute Gasteiger partial charge is 0.491 e. The fraction of sp³-hybridized carbons (Fsp3) is 0.308. The van der Waals surface area contributed by atoms with Crippen molar-refractivity contribution in [3.63, 3.8) is 0 Å². The second-order valence-corrected chi connectivity index (χ2v) is 13.6. The van der Waals surface area contributed by atoms with Crippen molar-refractivity contribution >= 4 is 63.6 Å². The Morgan fingerprint density at radius 1 is 0.712 bits per heavy atom. The number of carbonyl (C=O) groups excluding carboxylic acids is 4. The maximum atomic E-state index is 13.7. The predicted molar refractivity (Wildman–Crippen MR) is 214 cm³/mol. The lowest BCUT2D eigenvalue weighted by Crippen LogP contribution is -2.29. The van der Waals surface area contributed by atoms with Gasteiger partial charge in [-0.2, -0.15) is 10.2 Å². The molecule has 0 atom stereocenters. The van der Waals surface area contributed by atoms with Crippen molar-refractivity contribution in [2.24, 2.45) is 5.73 Å². The van der Waals surface area contributed by atoms with Crippen LogP contribution in [-0.2, 0) is 31.0 Å². The third-order valence-corrected chi connectivity index (χ3v) is 9.43. The molecule has 20 nitrogen and oxygen atoms in total. The zero-order valence-corrected chi connectivity index (χ0v) is 32.7. The highest BCUT2D eigenvalue weighted by Crippen LogP contribution is 2.34. The molecule has 0 spiro atoms. The average molecular weight is 807 g/mol. The summed E-state index contributed by atoms with van der Waals surface area (Å²) < 4.78 is 19.2. The van der Waals surface area contributed by atoms with Crippen LogP contribution in [0.15, 0.2) is 48.6 Å². The molecule has 0 unspecified atom stereocenters. The first-order valence-corrected chi connectivity index (χ1v) is 18.9. The van der Waals surface area contributed by atoms with Crippen molar-refractivity contribution in [1.29, 1.82) is 0 Å². The van der Waals surface area contributed by atoms with Crippen molar-refractivity contribution in [2.45, 2.75) is 60.3 Å². The van der Waals surface area contributed by atoms with Crippen molar-refractivity contribution in [2.75, 3.05) is 30.4 Å². The molecule has 306 valence electrons. The summed E-state index contributed by atoms with van der Waals surface area (Å²) in [7, 11) is 0. The number of benzene rings is 2. The first-order chi connectivity index (χ1) is 28.3. The smallest absolute Gasteiger partial charge is 0.322 e. The monoisotopic (exact) mass is 806 g/mol. The summed E-state index contributed by atoms with van der Waals surface area (Å²) in [6.45, 7) is 8.11. The summed E-state index contributed by atoms with van der Waals surface area (Å²) in [5, 5.41) is 26.1. The molecule has 0 radical (unpaired) electrons. The van der Waals surface area contributed by atoms with Gasteiger partial charge in [-0.15, -0.1) is 0 Å². The molecule has 6 aromatic rings. The fourth-order valence-electron chi connectivity index (χ4n) is 6.81. The van der Waals surface area contributed by atoms with Gasteiger partial charge in [-0.05, 0) is 64.1 Å². The predicted octanol–water partition coefficient (Wildman–Crippen LogP) is 3.27. The number of nitrogens with two attached hydrogens (primary N) is 1. The number of imidazole rings is 2. The van der Waals surface area contributed by atoms with Crippen molar-refractivity contribution in [3.8, 4) is 11.5 Å². The molecule has 0 aliphatic carbocycles. The number of primary amides is 1. The zero-order valence-electron chi connectivity index (χ0n) is 32.7. The summed E-state index contributed by atoms with van der Waals surface area (Å²) in [4.78, 5) is 73.6. The van der Waals surface area contributed by atoms with Crippen LogP contribution in [0.3, 0.4) is 0 Å². The number of nitrogens with one attached hydrogen (secondary N) is 3. The number of rotatable bonds is 10. The Balaban J connectivity index is 1.32. The summed E-state index contributed by atoms with van der Waals surface area (Å²) in [6, 6.07) is 9.37. The van der Waals surface area contributed by atoms with E-state index in [0.29, 0.717) is 70.1 Å². The lowest BCUT2D eigenvalue weighted by molar-refractivity contribution is -0.135. The Kier molecular flexibility index (Phi) is 11.1. The Hall–Kier alpha value is -7.51. The van der Waals surface area contributed by atoms with Crippen molar-refractivity contribution < 1.29 is 38.6 Å². The van der Waals surface area contributed by atoms with Gasteiger partial charge < -0.3 is 34.8 Å².